The van der Waals surface area contributed by atoms with E-state index >= 15 is 0 Å². The Morgan fingerprint density at radius 2 is 2.00 bits per heavy atom. The molecule has 0 saturated carbocycles. The molecule has 0 spiro atoms. The van der Waals surface area contributed by atoms with Crippen LogP contribution in [0.25, 0.3) is 0 Å². The Bertz CT molecular complexity index is 562. The average molecular weight is 259 g/mol. The summed E-state index contributed by atoms with van der Waals surface area (Å²) in [4.78, 5) is 29.3. The van der Waals surface area contributed by atoms with Crippen molar-refractivity contribution in [2.24, 2.45) is 5.73 Å². The lowest BCUT2D eigenvalue weighted by atomic mass is 10.2. The summed E-state index contributed by atoms with van der Waals surface area (Å²) in [6, 6.07) is 5.76. The summed E-state index contributed by atoms with van der Waals surface area (Å²) in [5.74, 6) is 0.461. The largest absolute Gasteiger partial charge is 0.351 e. The minimum Gasteiger partial charge on any atom is -0.351 e. The fourth-order valence-corrected chi connectivity index (χ4v) is 1.51. The summed E-state index contributed by atoms with van der Waals surface area (Å²) in [5, 5.41) is 5.13. The lowest BCUT2D eigenvalue weighted by molar-refractivity contribution is 0.0950. The van der Waals surface area contributed by atoms with Crippen molar-refractivity contribution in [2.45, 2.75) is 6.54 Å². The molecule has 0 fully saturated rings. The molecular weight excluding hydrogens is 246 g/mol. The van der Waals surface area contributed by atoms with Crippen LogP contribution in [0.15, 0.2) is 36.7 Å². The summed E-state index contributed by atoms with van der Waals surface area (Å²) in [5.41, 5.74) is 6.01. The second-order valence-electron chi connectivity index (χ2n) is 3.79. The van der Waals surface area contributed by atoms with Crippen molar-refractivity contribution in [3.8, 4) is 0 Å². The van der Waals surface area contributed by atoms with Crippen molar-refractivity contribution in [1.29, 1.82) is 0 Å². The molecule has 0 atom stereocenters. The molecule has 0 bridgehead atoms. The second-order valence-corrected chi connectivity index (χ2v) is 3.79. The molecule has 0 aliphatic heterocycles. The molecule has 2 rings (SSSR count). The van der Waals surface area contributed by atoms with Crippen molar-refractivity contribution >= 4 is 17.6 Å². The van der Waals surface area contributed by atoms with E-state index < -0.39 is 6.03 Å². The molecule has 0 radical (unpaired) electrons. The average Bonchev–Trinajstić information content (AvgIpc) is 2.89. The van der Waals surface area contributed by atoms with Crippen LogP contribution in [0.3, 0.4) is 0 Å². The molecule has 1 aromatic carbocycles. The molecule has 0 saturated heterocycles. The van der Waals surface area contributed by atoms with E-state index in [2.05, 4.69) is 20.6 Å². The number of nitrogens with one attached hydrogen (secondary N) is 3. The standard InChI is InChI=1S/C12H13N5O2/c13-12(19)17-9-3-1-8(2-4-9)11(18)16-7-10-14-5-6-15-10/h1-6H,7H2,(H,14,15)(H,16,18)(H3,13,17,19). The van der Waals surface area contributed by atoms with Crippen LogP contribution in [0.2, 0.25) is 0 Å². The van der Waals surface area contributed by atoms with Crippen LogP contribution in [-0.4, -0.2) is 21.9 Å². The van der Waals surface area contributed by atoms with E-state index in [4.69, 9.17) is 5.73 Å². The number of urea groups is 1. The van der Waals surface area contributed by atoms with Gasteiger partial charge in [-0.25, -0.2) is 9.78 Å². The van der Waals surface area contributed by atoms with Crippen molar-refractivity contribution in [3.05, 3.63) is 48.0 Å². The molecule has 7 heteroatoms. The van der Waals surface area contributed by atoms with E-state index in [9.17, 15) is 9.59 Å². The fourth-order valence-electron chi connectivity index (χ4n) is 1.51. The van der Waals surface area contributed by atoms with Crippen LogP contribution in [-0.2, 0) is 6.54 Å². The number of hydrogen-bond donors (Lipinski definition) is 4. The normalized spacial score (nSPS) is 9.89. The van der Waals surface area contributed by atoms with Crippen molar-refractivity contribution < 1.29 is 9.59 Å². The number of amides is 3. The summed E-state index contributed by atoms with van der Waals surface area (Å²) in [6.45, 7) is 0.327. The highest BCUT2D eigenvalue weighted by atomic mass is 16.2. The van der Waals surface area contributed by atoms with Gasteiger partial charge >= 0.3 is 6.03 Å². The van der Waals surface area contributed by atoms with Crippen LogP contribution < -0.4 is 16.4 Å². The molecule has 0 unspecified atom stereocenters. The molecule has 1 aromatic heterocycles. The molecule has 1 heterocycles. The number of aromatic nitrogens is 2. The van der Waals surface area contributed by atoms with Crippen LogP contribution in [0.5, 0.6) is 0 Å². The molecule has 0 aliphatic rings. The Kier molecular flexibility index (Phi) is 3.77. The minimum atomic E-state index is -0.643. The van der Waals surface area contributed by atoms with Gasteiger partial charge in [0, 0.05) is 23.6 Å². The van der Waals surface area contributed by atoms with Gasteiger partial charge in [-0.1, -0.05) is 0 Å². The molecule has 0 aliphatic carbocycles. The molecule has 3 amide bonds. The van der Waals surface area contributed by atoms with Gasteiger partial charge in [0.25, 0.3) is 5.91 Å². The SMILES string of the molecule is NC(=O)Nc1ccc(C(=O)NCc2ncc[nH]2)cc1. The van der Waals surface area contributed by atoms with Gasteiger partial charge in [-0.3, -0.25) is 4.79 Å². The fraction of sp³-hybridized carbons (Fsp3) is 0.0833. The van der Waals surface area contributed by atoms with E-state index in [1.807, 2.05) is 0 Å². The number of aromatic amines is 1. The zero-order valence-electron chi connectivity index (χ0n) is 10.0. The van der Waals surface area contributed by atoms with Crippen LogP contribution >= 0.6 is 0 Å². The van der Waals surface area contributed by atoms with E-state index in [-0.39, 0.29) is 5.91 Å². The third-order valence-corrected chi connectivity index (χ3v) is 2.39. The molecule has 2 aromatic rings. The van der Waals surface area contributed by atoms with Crippen LogP contribution in [0.1, 0.15) is 16.2 Å². The number of nitrogens with zero attached hydrogens (tertiary/aromatic N) is 1. The van der Waals surface area contributed by atoms with Gasteiger partial charge in [0.2, 0.25) is 0 Å². The monoisotopic (exact) mass is 259 g/mol. The number of primary amides is 1. The summed E-state index contributed by atoms with van der Waals surface area (Å²) in [7, 11) is 0. The number of carbonyl (C=O) groups excluding carboxylic acids is 2. The number of benzene rings is 1. The summed E-state index contributed by atoms with van der Waals surface area (Å²) in [6.07, 6.45) is 3.30. The summed E-state index contributed by atoms with van der Waals surface area (Å²) < 4.78 is 0. The Hall–Kier alpha value is -2.83. The highest BCUT2D eigenvalue weighted by Gasteiger charge is 2.06. The molecule has 19 heavy (non-hydrogen) atoms. The van der Waals surface area contributed by atoms with Crippen molar-refractivity contribution in [1.82, 2.24) is 15.3 Å². The predicted molar refractivity (Wildman–Crippen MR) is 69.4 cm³/mol. The first kappa shape index (κ1) is 12.6. The maximum Gasteiger partial charge on any atom is 0.316 e. The first-order valence-electron chi connectivity index (χ1n) is 5.58. The molecular formula is C12H13N5O2. The van der Waals surface area contributed by atoms with Gasteiger partial charge in [-0.15, -0.1) is 0 Å². The lowest BCUT2D eigenvalue weighted by Gasteiger charge is -2.05. The Morgan fingerprint density at radius 1 is 1.26 bits per heavy atom. The van der Waals surface area contributed by atoms with E-state index in [0.717, 1.165) is 0 Å². The summed E-state index contributed by atoms with van der Waals surface area (Å²) >= 11 is 0. The zero-order chi connectivity index (χ0) is 13.7. The highest BCUT2D eigenvalue weighted by molar-refractivity contribution is 5.95. The first-order valence-corrected chi connectivity index (χ1v) is 5.58. The zero-order valence-corrected chi connectivity index (χ0v) is 10.0. The predicted octanol–water partition coefficient (Wildman–Crippen LogP) is 0.830. The number of hydrogen-bond acceptors (Lipinski definition) is 3. The maximum absolute atomic E-state index is 11.8. The van der Waals surface area contributed by atoms with E-state index in [1.54, 1.807) is 36.7 Å². The van der Waals surface area contributed by atoms with Crippen molar-refractivity contribution in [2.75, 3.05) is 5.32 Å². The van der Waals surface area contributed by atoms with Gasteiger partial charge in [0.05, 0.1) is 6.54 Å². The maximum atomic E-state index is 11.8. The minimum absolute atomic E-state index is 0.220. The van der Waals surface area contributed by atoms with Gasteiger partial charge < -0.3 is 21.4 Å². The third kappa shape index (κ3) is 3.56. The first-order chi connectivity index (χ1) is 9.15. The quantitative estimate of drug-likeness (QED) is 0.652. The Balaban J connectivity index is 1.93. The van der Waals surface area contributed by atoms with E-state index in [1.165, 1.54) is 0 Å². The van der Waals surface area contributed by atoms with Gasteiger partial charge in [-0.05, 0) is 24.3 Å². The highest BCUT2D eigenvalue weighted by Crippen LogP contribution is 2.09. The number of carbonyl (C=O) groups is 2. The number of anilines is 1. The molecule has 5 N–H and O–H groups in total. The van der Waals surface area contributed by atoms with Crippen LogP contribution in [0.4, 0.5) is 10.5 Å². The number of H-pyrrole nitrogens is 1. The van der Waals surface area contributed by atoms with Gasteiger partial charge in [-0.2, -0.15) is 0 Å². The van der Waals surface area contributed by atoms with Crippen LogP contribution in [0, 0.1) is 0 Å². The Labute approximate surface area is 109 Å². The number of nitrogens with two attached hydrogens (primary N) is 1. The lowest BCUT2D eigenvalue weighted by Crippen LogP contribution is -2.23. The van der Waals surface area contributed by atoms with Gasteiger partial charge in [0.15, 0.2) is 0 Å². The number of imidazole rings is 1. The number of rotatable bonds is 4. The van der Waals surface area contributed by atoms with Crippen molar-refractivity contribution in [3.63, 3.8) is 0 Å². The molecule has 7 nitrogen and oxygen atoms in total. The third-order valence-electron chi connectivity index (χ3n) is 2.39. The second kappa shape index (κ2) is 5.67. The molecule has 98 valence electrons. The topological polar surface area (TPSA) is 113 Å². The van der Waals surface area contributed by atoms with E-state index in [0.29, 0.717) is 23.6 Å². The smallest absolute Gasteiger partial charge is 0.316 e. The Morgan fingerprint density at radius 3 is 2.58 bits per heavy atom. The van der Waals surface area contributed by atoms with Gasteiger partial charge in [0.1, 0.15) is 5.82 Å².